The fourth-order valence-electron chi connectivity index (χ4n) is 1.14. The molecule has 0 radical (unpaired) electrons. The summed E-state index contributed by atoms with van der Waals surface area (Å²) in [5.74, 6) is -1.07. The average Bonchev–Trinajstić information content (AvgIpc) is 2.14. The van der Waals surface area contributed by atoms with Gasteiger partial charge in [0.1, 0.15) is 5.75 Å². The molecule has 0 spiro atoms. The lowest BCUT2D eigenvalue weighted by Crippen LogP contribution is -2.19. The molecule has 0 aliphatic carbocycles. The molecule has 1 atom stereocenters. The van der Waals surface area contributed by atoms with Crippen LogP contribution >= 0.6 is 0 Å². The molecule has 1 rings (SSSR count). The van der Waals surface area contributed by atoms with E-state index in [2.05, 4.69) is 0 Å². The number of hydrogen-bond donors (Lipinski definition) is 3. The second-order valence-electron chi connectivity index (χ2n) is 3.06. The molecule has 76 valence electrons. The van der Waals surface area contributed by atoms with E-state index < -0.39 is 12.1 Å². The van der Waals surface area contributed by atoms with Crippen molar-refractivity contribution in [1.82, 2.24) is 0 Å². The van der Waals surface area contributed by atoms with E-state index in [0.29, 0.717) is 6.42 Å². The predicted octanol–water partition coefficient (Wildman–Crippen LogP) is 0.770. The van der Waals surface area contributed by atoms with Gasteiger partial charge in [0.15, 0.2) is 6.10 Å². The van der Waals surface area contributed by atoms with E-state index in [0.717, 1.165) is 5.56 Å². The van der Waals surface area contributed by atoms with Gasteiger partial charge in [0.05, 0.1) is 0 Å². The van der Waals surface area contributed by atoms with E-state index in [9.17, 15) is 4.79 Å². The summed E-state index contributed by atoms with van der Waals surface area (Å²) in [5.41, 5.74) is 0.810. The lowest BCUT2D eigenvalue weighted by atomic mass is 10.1. The van der Waals surface area contributed by atoms with Gasteiger partial charge in [-0.3, -0.25) is 0 Å². The summed E-state index contributed by atoms with van der Waals surface area (Å²) >= 11 is 0. The quantitative estimate of drug-likeness (QED) is 0.664. The number of carboxylic acids is 1. The zero-order chi connectivity index (χ0) is 10.6. The van der Waals surface area contributed by atoms with Crippen molar-refractivity contribution in [2.45, 2.75) is 18.9 Å². The molecule has 0 saturated carbocycles. The van der Waals surface area contributed by atoms with Crippen molar-refractivity contribution >= 4 is 5.97 Å². The first-order valence-corrected chi connectivity index (χ1v) is 4.28. The van der Waals surface area contributed by atoms with Crippen LogP contribution in [0.1, 0.15) is 12.0 Å². The van der Waals surface area contributed by atoms with Crippen LogP contribution in [0.4, 0.5) is 0 Å². The summed E-state index contributed by atoms with van der Waals surface area (Å²) in [7, 11) is 0. The van der Waals surface area contributed by atoms with Gasteiger partial charge in [-0.15, -0.1) is 0 Å². The van der Waals surface area contributed by atoms with E-state index in [1.165, 1.54) is 6.07 Å². The number of phenols is 1. The standard InChI is InChI=1S/C10H12O4/c11-8-3-1-2-7(6-8)4-5-9(12)10(13)14/h1-3,6,9,11-12H,4-5H2,(H,13,14). The first-order chi connectivity index (χ1) is 6.59. The Morgan fingerprint density at radius 2 is 2.14 bits per heavy atom. The molecule has 1 aromatic carbocycles. The van der Waals surface area contributed by atoms with Crippen molar-refractivity contribution < 1.29 is 20.1 Å². The summed E-state index contributed by atoms with van der Waals surface area (Å²) in [4.78, 5) is 10.3. The molecule has 0 amide bonds. The third-order valence-electron chi connectivity index (χ3n) is 1.90. The Morgan fingerprint density at radius 3 is 2.71 bits per heavy atom. The number of benzene rings is 1. The van der Waals surface area contributed by atoms with E-state index in [1.807, 2.05) is 0 Å². The normalized spacial score (nSPS) is 12.4. The van der Waals surface area contributed by atoms with E-state index >= 15 is 0 Å². The molecule has 0 bridgehead atoms. The first-order valence-electron chi connectivity index (χ1n) is 4.28. The van der Waals surface area contributed by atoms with Gasteiger partial charge in [-0.1, -0.05) is 12.1 Å². The highest BCUT2D eigenvalue weighted by Crippen LogP contribution is 2.13. The second kappa shape index (κ2) is 4.62. The first kappa shape index (κ1) is 10.5. The molecule has 0 aliphatic heterocycles. The molecule has 0 aromatic heterocycles. The van der Waals surface area contributed by atoms with Crippen molar-refractivity contribution in [1.29, 1.82) is 0 Å². The van der Waals surface area contributed by atoms with Crippen LogP contribution in [0, 0.1) is 0 Å². The monoisotopic (exact) mass is 196 g/mol. The van der Waals surface area contributed by atoms with Crippen LogP contribution in [0.2, 0.25) is 0 Å². The minimum absolute atomic E-state index is 0.146. The van der Waals surface area contributed by atoms with Gasteiger partial charge in [0.25, 0.3) is 0 Å². The Balaban J connectivity index is 2.49. The van der Waals surface area contributed by atoms with Crippen molar-refractivity contribution in [3.8, 4) is 5.75 Å². The van der Waals surface area contributed by atoms with Gasteiger partial charge in [-0.05, 0) is 30.5 Å². The molecule has 0 saturated heterocycles. The van der Waals surface area contributed by atoms with Crippen LogP contribution in [-0.4, -0.2) is 27.4 Å². The van der Waals surface area contributed by atoms with Crippen LogP contribution in [-0.2, 0) is 11.2 Å². The van der Waals surface area contributed by atoms with Gasteiger partial charge in [0, 0.05) is 0 Å². The third-order valence-corrected chi connectivity index (χ3v) is 1.90. The zero-order valence-electron chi connectivity index (χ0n) is 7.55. The third kappa shape index (κ3) is 3.06. The molecular weight excluding hydrogens is 184 g/mol. The average molecular weight is 196 g/mol. The molecule has 4 nitrogen and oxygen atoms in total. The number of aryl methyl sites for hydroxylation is 1. The lowest BCUT2D eigenvalue weighted by molar-refractivity contribution is -0.146. The fraction of sp³-hybridized carbons (Fsp3) is 0.300. The molecule has 0 aliphatic rings. The number of carboxylic acid groups (broad SMARTS) is 1. The Labute approximate surface area is 81.4 Å². The highest BCUT2D eigenvalue weighted by molar-refractivity contribution is 5.71. The molecular formula is C10H12O4. The Bertz CT molecular complexity index is 322. The summed E-state index contributed by atoms with van der Waals surface area (Å²) in [6.45, 7) is 0. The van der Waals surface area contributed by atoms with Crippen molar-refractivity contribution in [2.75, 3.05) is 0 Å². The largest absolute Gasteiger partial charge is 0.508 e. The van der Waals surface area contributed by atoms with Gasteiger partial charge >= 0.3 is 5.97 Å². The van der Waals surface area contributed by atoms with Crippen LogP contribution in [0.5, 0.6) is 5.75 Å². The second-order valence-corrected chi connectivity index (χ2v) is 3.06. The number of carbonyl (C=O) groups is 1. The Morgan fingerprint density at radius 1 is 1.43 bits per heavy atom. The van der Waals surface area contributed by atoms with Crippen LogP contribution in [0.25, 0.3) is 0 Å². The molecule has 3 N–H and O–H groups in total. The van der Waals surface area contributed by atoms with Crippen LogP contribution in [0.3, 0.4) is 0 Å². The maximum atomic E-state index is 10.3. The minimum Gasteiger partial charge on any atom is -0.508 e. The Kier molecular flexibility index (Phi) is 3.48. The maximum absolute atomic E-state index is 10.3. The molecule has 14 heavy (non-hydrogen) atoms. The number of hydrogen-bond acceptors (Lipinski definition) is 3. The van der Waals surface area contributed by atoms with Crippen molar-refractivity contribution in [3.05, 3.63) is 29.8 Å². The maximum Gasteiger partial charge on any atom is 0.332 e. The summed E-state index contributed by atoms with van der Waals surface area (Å²) in [5, 5.41) is 26.5. The van der Waals surface area contributed by atoms with E-state index in [1.54, 1.807) is 18.2 Å². The number of aliphatic hydroxyl groups excluding tert-OH is 1. The minimum atomic E-state index is -1.34. The number of aliphatic hydroxyl groups is 1. The highest BCUT2D eigenvalue weighted by Gasteiger charge is 2.12. The number of aliphatic carboxylic acids is 1. The molecule has 4 heteroatoms. The van der Waals surface area contributed by atoms with Gasteiger partial charge in [0.2, 0.25) is 0 Å². The van der Waals surface area contributed by atoms with E-state index in [-0.39, 0.29) is 12.2 Å². The predicted molar refractivity (Wildman–Crippen MR) is 50.1 cm³/mol. The highest BCUT2D eigenvalue weighted by atomic mass is 16.4. The SMILES string of the molecule is O=C(O)C(O)CCc1cccc(O)c1. The number of phenolic OH excluding ortho intramolecular Hbond substituents is 1. The van der Waals surface area contributed by atoms with Crippen molar-refractivity contribution in [3.63, 3.8) is 0 Å². The molecule has 1 aromatic rings. The zero-order valence-corrected chi connectivity index (χ0v) is 7.55. The van der Waals surface area contributed by atoms with Gasteiger partial charge < -0.3 is 15.3 Å². The smallest absolute Gasteiger partial charge is 0.332 e. The van der Waals surface area contributed by atoms with E-state index in [4.69, 9.17) is 15.3 Å². The molecule has 1 unspecified atom stereocenters. The molecule has 0 fully saturated rings. The lowest BCUT2D eigenvalue weighted by Gasteiger charge is -2.05. The molecule has 0 heterocycles. The number of aromatic hydroxyl groups is 1. The van der Waals surface area contributed by atoms with Crippen LogP contribution in [0.15, 0.2) is 24.3 Å². The summed E-state index contributed by atoms with van der Waals surface area (Å²) in [6.07, 6.45) is -0.752. The van der Waals surface area contributed by atoms with Gasteiger partial charge in [-0.25, -0.2) is 4.79 Å². The number of rotatable bonds is 4. The topological polar surface area (TPSA) is 77.8 Å². The summed E-state index contributed by atoms with van der Waals surface area (Å²) in [6, 6.07) is 6.54. The fourth-order valence-corrected chi connectivity index (χ4v) is 1.14. The van der Waals surface area contributed by atoms with Crippen molar-refractivity contribution in [2.24, 2.45) is 0 Å². The van der Waals surface area contributed by atoms with Crippen LogP contribution < -0.4 is 0 Å². The summed E-state index contributed by atoms with van der Waals surface area (Å²) < 4.78 is 0. The Hall–Kier alpha value is -1.55. The van der Waals surface area contributed by atoms with Gasteiger partial charge in [-0.2, -0.15) is 0 Å².